The van der Waals surface area contributed by atoms with Crippen LogP contribution in [0.15, 0.2) is 30.6 Å². The first-order chi connectivity index (χ1) is 8.61. The molecule has 0 saturated heterocycles. The Morgan fingerprint density at radius 2 is 2.11 bits per heavy atom. The fourth-order valence-corrected chi connectivity index (χ4v) is 1.36. The molecule has 18 heavy (non-hydrogen) atoms. The van der Waals surface area contributed by atoms with Crippen LogP contribution in [0.1, 0.15) is 5.56 Å². The van der Waals surface area contributed by atoms with Crippen LogP contribution in [0.25, 0.3) is 0 Å². The first kappa shape index (κ1) is 11.6. The molecule has 2 aromatic rings. The second kappa shape index (κ2) is 4.55. The highest BCUT2D eigenvalue weighted by atomic mass is 16.6. The number of nitro groups is 1. The molecule has 0 spiro atoms. The van der Waals surface area contributed by atoms with Crippen LogP contribution in [-0.2, 0) is 7.05 Å². The van der Waals surface area contributed by atoms with Crippen LogP contribution in [0.3, 0.4) is 0 Å². The predicted octanol–water partition coefficient (Wildman–Crippen LogP) is 1.99. The third-order valence-corrected chi connectivity index (χ3v) is 2.24. The first-order valence-corrected chi connectivity index (χ1v) is 4.95. The highest BCUT2D eigenvalue weighted by molar-refractivity contribution is 5.40. The Morgan fingerprint density at radius 3 is 2.67 bits per heavy atom. The zero-order valence-electron chi connectivity index (χ0n) is 9.40. The number of benzene rings is 1. The van der Waals surface area contributed by atoms with Gasteiger partial charge in [-0.05, 0) is 34.2 Å². The average Bonchev–Trinajstić information content (AvgIpc) is 2.72. The van der Waals surface area contributed by atoms with Crippen molar-refractivity contribution in [1.29, 1.82) is 5.26 Å². The second-order valence-electron chi connectivity index (χ2n) is 3.48. The van der Waals surface area contributed by atoms with Gasteiger partial charge in [0.15, 0.2) is 0 Å². The Labute approximate surface area is 102 Å². The van der Waals surface area contributed by atoms with E-state index in [4.69, 9.17) is 10.00 Å². The Kier molecular flexibility index (Phi) is 2.93. The third-order valence-electron chi connectivity index (χ3n) is 2.24. The Bertz CT molecular complexity index is 625. The summed E-state index contributed by atoms with van der Waals surface area (Å²) in [7, 11) is 1.60. The van der Waals surface area contributed by atoms with Gasteiger partial charge in [-0.1, -0.05) is 0 Å². The Hall–Kier alpha value is -2.88. The molecule has 2 rings (SSSR count). The largest absolute Gasteiger partial charge is 0.434 e. The normalized spacial score (nSPS) is 9.78. The van der Waals surface area contributed by atoms with Gasteiger partial charge >= 0.3 is 11.7 Å². The number of hydrogen-bond acceptors (Lipinski definition) is 5. The lowest BCUT2D eigenvalue weighted by atomic mass is 10.2. The Morgan fingerprint density at radius 1 is 1.44 bits per heavy atom. The second-order valence-corrected chi connectivity index (χ2v) is 3.48. The molecular formula is C11H8N4O3. The van der Waals surface area contributed by atoms with Crippen LogP contribution >= 0.6 is 0 Å². The van der Waals surface area contributed by atoms with Crippen molar-refractivity contribution in [3.63, 3.8) is 0 Å². The van der Waals surface area contributed by atoms with Crippen molar-refractivity contribution >= 4 is 5.82 Å². The summed E-state index contributed by atoms with van der Waals surface area (Å²) < 4.78 is 6.80. The number of ether oxygens (including phenoxy) is 1. The molecule has 0 aliphatic carbocycles. The highest BCUT2D eigenvalue weighted by Gasteiger charge is 2.22. The molecule has 0 fully saturated rings. The van der Waals surface area contributed by atoms with Crippen molar-refractivity contribution in [2.24, 2.45) is 7.05 Å². The lowest BCUT2D eigenvalue weighted by Gasteiger charge is -2.04. The molecule has 0 aliphatic rings. The number of imidazole rings is 1. The number of hydrogen-bond donors (Lipinski definition) is 0. The summed E-state index contributed by atoms with van der Waals surface area (Å²) in [5.41, 5.74) is 0.488. The van der Waals surface area contributed by atoms with E-state index in [1.807, 2.05) is 6.07 Å². The van der Waals surface area contributed by atoms with Gasteiger partial charge < -0.3 is 14.9 Å². The lowest BCUT2D eigenvalue weighted by Crippen LogP contribution is -1.96. The van der Waals surface area contributed by atoms with Gasteiger partial charge in [0.05, 0.1) is 11.6 Å². The summed E-state index contributed by atoms with van der Waals surface area (Å²) in [5.74, 6) is 0.104. The maximum atomic E-state index is 10.7. The highest BCUT2D eigenvalue weighted by Crippen LogP contribution is 2.29. The minimum absolute atomic E-state index is 0.0460. The molecule has 0 unspecified atom stereocenters. The van der Waals surface area contributed by atoms with Gasteiger partial charge in [-0.25, -0.2) is 0 Å². The van der Waals surface area contributed by atoms with E-state index in [2.05, 4.69) is 4.98 Å². The molecule has 1 aromatic heterocycles. The van der Waals surface area contributed by atoms with Crippen LogP contribution < -0.4 is 4.74 Å². The maximum absolute atomic E-state index is 10.7. The van der Waals surface area contributed by atoms with Crippen LogP contribution in [-0.4, -0.2) is 14.5 Å². The summed E-state index contributed by atoms with van der Waals surface area (Å²) in [5, 5.41) is 19.4. The smallest absolute Gasteiger partial charge is 0.427 e. The maximum Gasteiger partial charge on any atom is 0.427 e. The summed E-state index contributed by atoms with van der Waals surface area (Å²) in [6.45, 7) is 0. The molecular weight excluding hydrogens is 236 g/mol. The SMILES string of the molecule is Cn1cnc([N+](=O)[O-])c1Oc1ccc(C#N)cc1. The zero-order chi connectivity index (χ0) is 13.1. The summed E-state index contributed by atoms with van der Waals surface area (Å²) >= 11 is 0. The monoisotopic (exact) mass is 244 g/mol. The predicted molar refractivity (Wildman–Crippen MR) is 61.1 cm³/mol. The minimum Gasteiger partial charge on any atom is -0.434 e. The molecule has 0 atom stereocenters. The van der Waals surface area contributed by atoms with E-state index in [1.54, 1.807) is 31.3 Å². The van der Waals surface area contributed by atoms with E-state index in [-0.39, 0.29) is 11.7 Å². The molecule has 7 nitrogen and oxygen atoms in total. The fourth-order valence-electron chi connectivity index (χ4n) is 1.36. The molecule has 7 heteroatoms. The van der Waals surface area contributed by atoms with Crippen LogP contribution in [0.2, 0.25) is 0 Å². The number of nitriles is 1. The van der Waals surface area contributed by atoms with E-state index in [0.29, 0.717) is 11.3 Å². The molecule has 0 amide bonds. The van der Waals surface area contributed by atoms with Gasteiger partial charge in [-0.15, -0.1) is 0 Å². The third kappa shape index (κ3) is 2.12. The van der Waals surface area contributed by atoms with Gasteiger partial charge in [0.2, 0.25) is 6.33 Å². The van der Waals surface area contributed by atoms with E-state index < -0.39 is 4.92 Å². The van der Waals surface area contributed by atoms with Crippen molar-refractivity contribution in [3.05, 3.63) is 46.3 Å². The molecule has 1 heterocycles. The van der Waals surface area contributed by atoms with Gasteiger partial charge in [-0.2, -0.15) is 5.26 Å². The van der Waals surface area contributed by atoms with Gasteiger partial charge in [0.1, 0.15) is 5.75 Å². The van der Waals surface area contributed by atoms with Crippen molar-refractivity contribution in [3.8, 4) is 17.7 Å². The van der Waals surface area contributed by atoms with Crippen molar-refractivity contribution in [1.82, 2.24) is 9.55 Å². The van der Waals surface area contributed by atoms with Crippen molar-refractivity contribution in [2.75, 3.05) is 0 Å². The fraction of sp³-hybridized carbons (Fsp3) is 0.0909. The van der Waals surface area contributed by atoms with Gasteiger partial charge in [-0.3, -0.25) is 4.57 Å². The summed E-state index contributed by atoms with van der Waals surface area (Å²) in [6.07, 6.45) is 1.30. The lowest BCUT2D eigenvalue weighted by molar-refractivity contribution is -0.390. The van der Waals surface area contributed by atoms with E-state index in [0.717, 1.165) is 0 Å². The average molecular weight is 244 g/mol. The Balaban J connectivity index is 2.31. The topological polar surface area (TPSA) is 94.0 Å². The molecule has 0 saturated carbocycles. The zero-order valence-corrected chi connectivity index (χ0v) is 9.40. The molecule has 1 aromatic carbocycles. The molecule has 0 N–H and O–H groups in total. The van der Waals surface area contributed by atoms with Gasteiger partial charge in [0, 0.05) is 7.05 Å². The molecule has 0 bridgehead atoms. The summed E-state index contributed by atoms with van der Waals surface area (Å²) in [6, 6.07) is 8.24. The number of rotatable bonds is 3. The van der Waals surface area contributed by atoms with Crippen LogP contribution in [0.4, 0.5) is 5.82 Å². The van der Waals surface area contributed by atoms with E-state index in [1.165, 1.54) is 10.9 Å². The minimum atomic E-state index is -0.612. The first-order valence-electron chi connectivity index (χ1n) is 4.95. The van der Waals surface area contributed by atoms with Crippen LogP contribution in [0.5, 0.6) is 11.6 Å². The van der Waals surface area contributed by atoms with E-state index in [9.17, 15) is 10.1 Å². The quantitative estimate of drug-likeness (QED) is 0.607. The van der Waals surface area contributed by atoms with E-state index >= 15 is 0 Å². The standard InChI is InChI=1S/C11H8N4O3/c1-14-7-13-10(15(16)17)11(14)18-9-4-2-8(6-12)3-5-9/h2-5,7H,1H3. The van der Waals surface area contributed by atoms with Gasteiger partial charge in [0.25, 0.3) is 0 Å². The van der Waals surface area contributed by atoms with Crippen molar-refractivity contribution < 1.29 is 9.66 Å². The molecule has 0 radical (unpaired) electrons. The van der Waals surface area contributed by atoms with Crippen molar-refractivity contribution in [2.45, 2.75) is 0 Å². The molecule has 90 valence electrons. The number of aryl methyl sites for hydroxylation is 1. The van der Waals surface area contributed by atoms with Crippen LogP contribution in [0, 0.1) is 21.4 Å². The number of nitrogens with zero attached hydrogens (tertiary/aromatic N) is 4. The summed E-state index contributed by atoms with van der Waals surface area (Å²) in [4.78, 5) is 13.8. The molecule has 0 aliphatic heterocycles. The number of aromatic nitrogens is 2.